The number of benzene rings is 1. The first kappa shape index (κ1) is 17.1. The lowest BCUT2D eigenvalue weighted by Gasteiger charge is -2.08. The summed E-state index contributed by atoms with van der Waals surface area (Å²) in [5.41, 5.74) is -2.72. The van der Waals surface area contributed by atoms with E-state index in [1.807, 2.05) is 0 Å². The lowest BCUT2D eigenvalue weighted by atomic mass is 10.1. The van der Waals surface area contributed by atoms with Crippen molar-refractivity contribution in [1.29, 1.82) is 0 Å². The number of halogens is 3. The van der Waals surface area contributed by atoms with Gasteiger partial charge in [0.1, 0.15) is 0 Å². The highest BCUT2D eigenvalue weighted by Gasteiger charge is 2.37. The lowest BCUT2D eigenvalue weighted by Crippen LogP contribution is -2.09. The standard InChI is InChI=1S/C14H7F3N4O5/c15-14(16,17)11-7(2-1-3-18-11)13-20-19-12(26-13)6-4-8(21(24)25)10(23)9(22)5-6/h1-5,22-23H. The van der Waals surface area contributed by atoms with Crippen LogP contribution in [0.3, 0.4) is 0 Å². The molecule has 2 N–H and O–H groups in total. The summed E-state index contributed by atoms with van der Waals surface area (Å²) in [6.45, 7) is 0. The van der Waals surface area contributed by atoms with Crippen LogP contribution in [0.5, 0.6) is 11.5 Å². The molecule has 0 spiro atoms. The molecular formula is C14H7F3N4O5. The Morgan fingerprint density at radius 1 is 1.15 bits per heavy atom. The molecule has 3 rings (SSSR count). The van der Waals surface area contributed by atoms with Crippen LogP contribution >= 0.6 is 0 Å². The van der Waals surface area contributed by atoms with Crippen LogP contribution in [-0.4, -0.2) is 30.3 Å². The first-order chi connectivity index (χ1) is 12.2. The van der Waals surface area contributed by atoms with Crippen LogP contribution in [0.25, 0.3) is 22.9 Å². The van der Waals surface area contributed by atoms with Crippen molar-refractivity contribution >= 4 is 5.69 Å². The second kappa shape index (κ2) is 5.98. The van der Waals surface area contributed by atoms with E-state index < -0.39 is 51.3 Å². The molecule has 0 amide bonds. The Bertz CT molecular complexity index is 1000. The molecule has 0 aliphatic carbocycles. The van der Waals surface area contributed by atoms with E-state index in [-0.39, 0.29) is 5.56 Å². The summed E-state index contributed by atoms with van der Waals surface area (Å²) < 4.78 is 44.2. The van der Waals surface area contributed by atoms with E-state index in [2.05, 4.69) is 15.2 Å². The molecule has 0 radical (unpaired) electrons. The van der Waals surface area contributed by atoms with Gasteiger partial charge >= 0.3 is 11.9 Å². The summed E-state index contributed by atoms with van der Waals surface area (Å²) in [6, 6.07) is 4.04. The second-order valence-corrected chi connectivity index (χ2v) is 4.93. The lowest BCUT2D eigenvalue weighted by molar-refractivity contribution is -0.385. The number of nitrogens with zero attached hydrogens (tertiary/aromatic N) is 4. The number of aromatic hydroxyl groups is 2. The van der Waals surface area contributed by atoms with Gasteiger partial charge in [-0.15, -0.1) is 10.2 Å². The zero-order valence-electron chi connectivity index (χ0n) is 12.4. The monoisotopic (exact) mass is 368 g/mol. The number of phenols is 2. The third kappa shape index (κ3) is 2.99. The van der Waals surface area contributed by atoms with Crippen LogP contribution in [0.15, 0.2) is 34.9 Å². The zero-order chi connectivity index (χ0) is 19.1. The fraction of sp³-hybridized carbons (Fsp3) is 0.0714. The van der Waals surface area contributed by atoms with Gasteiger partial charge in [-0.2, -0.15) is 13.2 Å². The summed E-state index contributed by atoms with van der Waals surface area (Å²) in [6.07, 6.45) is -3.81. The third-order valence-electron chi connectivity index (χ3n) is 3.24. The molecule has 2 heterocycles. The van der Waals surface area contributed by atoms with Gasteiger partial charge in [0.15, 0.2) is 11.4 Å². The van der Waals surface area contributed by atoms with Crippen LogP contribution in [-0.2, 0) is 6.18 Å². The van der Waals surface area contributed by atoms with E-state index in [0.29, 0.717) is 0 Å². The fourth-order valence-corrected chi connectivity index (χ4v) is 2.12. The Hall–Kier alpha value is -3.70. The van der Waals surface area contributed by atoms with Gasteiger partial charge in [0, 0.05) is 17.8 Å². The Kier molecular flexibility index (Phi) is 3.94. The van der Waals surface area contributed by atoms with Crippen molar-refractivity contribution in [3.8, 4) is 34.4 Å². The van der Waals surface area contributed by atoms with Crippen molar-refractivity contribution in [2.75, 3.05) is 0 Å². The van der Waals surface area contributed by atoms with E-state index >= 15 is 0 Å². The molecule has 12 heteroatoms. The van der Waals surface area contributed by atoms with Gasteiger partial charge in [0.25, 0.3) is 0 Å². The van der Waals surface area contributed by atoms with Crippen LogP contribution in [0.1, 0.15) is 5.69 Å². The predicted molar refractivity (Wildman–Crippen MR) is 78.0 cm³/mol. The smallest absolute Gasteiger partial charge is 0.434 e. The molecule has 0 saturated heterocycles. The van der Waals surface area contributed by atoms with Gasteiger partial charge in [-0.3, -0.25) is 15.1 Å². The van der Waals surface area contributed by atoms with Crippen LogP contribution in [0.2, 0.25) is 0 Å². The summed E-state index contributed by atoms with van der Waals surface area (Å²) in [5.74, 6) is -2.71. The average Bonchev–Trinajstić information content (AvgIpc) is 3.06. The zero-order valence-corrected chi connectivity index (χ0v) is 12.4. The van der Waals surface area contributed by atoms with E-state index in [4.69, 9.17) is 4.42 Å². The van der Waals surface area contributed by atoms with Crippen molar-refractivity contribution in [1.82, 2.24) is 15.2 Å². The number of alkyl halides is 3. The fourth-order valence-electron chi connectivity index (χ4n) is 2.12. The van der Waals surface area contributed by atoms with Crippen LogP contribution in [0.4, 0.5) is 18.9 Å². The van der Waals surface area contributed by atoms with Gasteiger partial charge in [-0.1, -0.05) is 0 Å². The third-order valence-corrected chi connectivity index (χ3v) is 3.24. The van der Waals surface area contributed by atoms with Gasteiger partial charge in [0.05, 0.1) is 10.5 Å². The van der Waals surface area contributed by atoms with Crippen molar-refractivity contribution in [3.05, 3.63) is 46.3 Å². The Balaban J connectivity index is 2.09. The van der Waals surface area contributed by atoms with Crippen molar-refractivity contribution < 1.29 is 32.7 Å². The molecule has 0 unspecified atom stereocenters. The van der Waals surface area contributed by atoms with E-state index in [9.17, 15) is 33.5 Å². The van der Waals surface area contributed by atoms with Crippen molar-refractivity contribution in [2.45, 2.75) is 6.18 Å². The van der Waals surface area contributed by atoms with Gasteiger partial charge in [0.2, 0.25) is 17.5 Å². The molecule has 0 atom stereocenters. The molecule has 0 bridgehead atoms. The van der Waals surface area contributed by atoms with Gasteiger partial charge in [-0.05, 0) is 18.2 Å². The van der Waals surface area contributed by atoms with Crippen molar-refractivity contribution in [3.63, 3.8) is 0 Å². The SMILES string of the molecule is O=[N+]([O-])c1cc(-c2nnc(-c3cccnc3C(F)(F)F)o2)cc(O)c1O. The molecular weight excluding hydrogens is 361 g/mol. The molecule has 134 valence electrons. The molecule has 0 fully saturated rings. The number of rotatable bonds is 3. The number of hydrogen-bond acceptors (Lipinski definition) is 8. The van der Waals surface area contributed by atoms with E-state index in [0.717, 1.165) is 24.4 Å². The summed E-state index contributed by atoms with van der Waals surface area (Å²) in [7, 11) is 0. The Labute approximate surface area is 141 Å². The van der Waals surface area contributed by atoms with E-state index in [1.54, 1.807) is 0 Å². The molecule has 2 aromatic heterocycles. The molecule has 9 nitrogen and oxygen atoms in total. The molecule has 0 aliphatic heterocycles. The maximum Gasteiger partial charge on any atom is 0.434 e. The quantitative estimate of drug-likeness (QED) is 0.409. The van der Waals surface area contributed by atoms with Gasteiger partial charge in [-0.25, -0.2) is 0 Å². The number of nitro benzene ring substituents is 1. The average molecular weight is 368 g/mol. The van der Waals surface area contributed by atoms with Crippen LogP contribution in [0, 0.1) is 10.1 Å². The summed E-state index contributed by atoms with van der Waals surface area (Å²) >= 11 is 0. The number of pyridine rings is 1. The maximum absolute atomic E-state index is 13.0. The molecule has 3 aromatic rings. The predicted octanol–water partition coefficient (Wildman–Crippen LogP) is 3.14. The minimum absolute atomic E-state index is 0.164. The second-order valence-electron chi connectivity index (χ2n) is 4.93. The summed E-state index contributed by atoms with van der Waals surface area (Å²) in [5, 5.41) is 36.9. The minimum atomic E-state index is -4.76. The van der Waals surface area contributed by atoms with Crippen LogP contribution < -0.4 is 0 Å². The molecule has 1 aromatic carbocycles. The highest BCUT2D eigenvalue weighted by molar-refractivity contribution is 5.68. The summed E-state index contributed by atoms with van der Waals surface area (Å²) in [4.78, 5) is 13.2. The number of hydrogen-bond donors (Lipinski definition) is 2. The van der Waals surface area contributed by atoms with Gasteiger partial charge < -0.3 is 14.6 Å². The normalized spacial score (nSPS) is 11.5. The Morgan fingerprint density at radius 3 is 2.50 bits per heavy atom. The molecule has 26 heavy (non-hydrogen) atoms. The maximum atomic E-state index is 13.0. The first-order valence-corrected chi connectivity index (χ1v) is 6.75. The molecule has 0 aliphatic rings. The van der Waals surface area contributed by atoms with Crippen molar-refractivity contribution in [2.24, 2.45) is 0 Å². The largest absolute Gasteiger partial charge is 0.504 e. The first-order valence-electron chi connectivity index (χ1n) is 6.75. The molecule has 0 saturated carbocycles. The minimum Gasteiger partial charge on any atom is -0.504 e. The number of phenolic OH excluding ortho intramolecular Hbond substituents is 2. The highest BCUT2D eigenvalue weighted by Crippen LogP contribution is 2.40. The number of nitro groups is 1. The Morgan fingerprint density at radius 2 is 1.85 bits per heavy atom. The topological polar surface area (TPSA) is 135 Å². The number of aromatic nitrogens is 3. The van der Waals surface area contributed by atoms with E-state index in [1.165, 1.54) is 6.07 Å². The highest BCUT2D eigenvalue weighted by atomic mass is 19.4.